The molecule has 0 aromatic carbocycles. The minimum Gasteiger partial charge on any atom is -0.462 e. The SMILES string of the molecule is CO[C@H]([C@H](C)/C=C/N(C)C=O)[C@@H](C)C(=O)CC[C@H](C)[C@H](C[C@@H]1OC(=O)C[C@@H](O)C[C@H](C)C[C@H](O)[C@H](C)[C@@H](OC)c2coc(n2)-c2coc(n2)-c2coc(n2)/C=C/C[C@H](O)[C@H]1C)OC. The fraction of sp³-hybridized carbons (Fsp3) is 0.652. The summed E-state index contributed by atoms with van der Waals surface area (Å²) in [4.78, 5) is 52.9. The first-order valence-corrected chi connectivity index (χ1v) is 21.7. The first kappa shape index (κ1) is 51.1. The lowest BCUT2D eigenvalue weighted by atomic mass is 9.84. The number of aromatic nitrogens is 3. The van der Waals surface area contributed by atoms with E-state index in [4.69, 9.17) is 32.2 Å². The number of nitrogens with zero attached hydrogens (tertiary/aromatic N) is 4. The molecule has 0 saturated heterocycles. The molecule has 4 heterocycles. The molecule has 13 atom stereocenters. The topological polar surface area (TPSA) is 230 Å². The summed E-state index contributed by atoms with van der Waals surface area (Å²) >= 11 is 0. The number of rotatable bonds is 15. The van der Waals surface area contributed by atoms with Gasteiger partial charge in [-0.3, -0.25) is 14.4 Å². The number of hydrogen-bond donors (Lipinski definition) is 3. The molecule has 0 aliphatic carbocycles. The second kappa shape index (κ2) is 24.5. The van der Waals surface area contributed by atoms with Gasteiger partial charge in [0, 0.05) is 71.1 Å². The van der Waals surface area contributed by atoms with Crippen LogP contribution in [0.15, 0.2) is 50.4 Å². The first-order chi connectivity index (χ1) is 30.0. The molecule has 4 rings (SSSR count). The third-order valence-corrected chi connectivity index (χ3v) is 12.3. The van der Waals surface area contributed by atoms with Gasteiger partial charge in [-0.25, -0.2) is 15.0 Å². The summed E-state index contributed by atoms with van der Waals surface area (Å²) in [6, 6.07) is 0. The normalized spacial score (nSPS) is 27.3. The van der Waals surface area contributed by atoms with E-state index in [1.807, 2.05) is 40.7 Å². The lowest BCUT2D eigenvalue weighted by Crippen LogP contribution is -2.38. The van der Waals surface area contributed by atoms with Crippen LogP contribution in [0.25, 0.3) is 29.2 Å². The van der Waals surface area contributed by atoms with E-state index in [1.165, 1.54) is 30.8 Å². The van der Waals surface area contributed by atoms with E-state index in [0.29, 0.717) is 36.3 Å². The molecular weight excluding hydrogens is 817 g/mol. The highest BCUT2D eigenvalue weighted by atomic mass is 16.5. The van der Waals surface area contributed by atoms with Gasteiger partial charge in [0.2, 0.25) is 24.1 Å². The minimum atomic E-state index is -1.06. The zero-order valence-corrected chi connectivity index (χ0v) is 38.3. The molecule has 17 nitrogen and oxygen atoms in total. The maximum Gasteiger partial charge on any atom is 0.308 e. The molecule has 350 valence electrons. The van der Waals surface area contributed by atoms with Crippen LogP contribution in [-0.2, 0) is 33.3 Å². The van der Waals surface area contributed by atoms with Crippen molar-refractivity contribution < 1.29 is 61.9 Å². The van der Waals surface area contributed by atoms with Crippen molar-refractivity contribution in [1.29, 1.82) is 0 Å². The number of aliphatic hydroxyl groups excluding tert-OH is 3. The van der Waals surface area contributed by atoms with E-state index >= 15 is 0 Å². The van der Waals surface area contributed by atoms with Crippen LogP contribution in [0.2, 0.25) is 0 Å². The summed E-state index contributed by atoms with van der Waals surface area (Å²) < 4.78 is 40.5. The number of hydrogen-bond acceptors (Lipinski definition) is 16. The monoisotopic (exact) mass is 884 g/mol. The lowest BCUT2D eigenvalue weighted by molar-refractivity contribution is -0.159. The highest BCUT2D eigenvalue weighted by Crippen LogP contribution is 2.34. The van der Waals surface area contributed by atoms with Crippen molar-refractivity contribution in [3.63, 3.8) is 0 Å². The van der Waals surface area contributed by atoms with Crippen molar-refractivity contribution in [3.05, 3.63) is 48.7 Å². The molecule has 0 saturated carbocycles. The molecule has 63 heavy (non-hydrogen) atoms. The molecule has 0 radical (unpaired) electrons. The maximum atomic E-state index is 13.5. The second-order valence-corrected chi connectivity index (χ2v) is 17.2. The van der Waals surface area contributed by atoms with Crippen LogP contribution in [0.5, 0.6) is 0 Å². The standard InChI is InChI=1S/C46H68N4O13/c1-26-18-32(52)20-42(56)63-40(21-39(57-8)27(2)14-15-37(54)30(5)43(58-9)28(3)16-17-50(7)25-51)29(4)36(53)12-11-13-41-47-34(23-60-41)45-49-35(24-62-45)46-48-33(22-61-46)44(59-10)31(6)38(55)19-26/h11,13,16-17,22-32,36,38-40,43-44,52-53,55H,12,14-15,18-21H2,1-10H3/b13-11+,17-16+/t26-,27-,28+,29+,30-,31-,32-,36-,38-,39-,40-,43+,44+/m0/s1. The van der Waals surface area contributed by atoms with Crippen molar-refractivity contribution in [2.75, 3.05) is 28.4 Å². The van der Waals surface area contributed by atoms with E-state index in [0.717, 1.165) is 0 Å². The Hall–Kier alpha value is -4.52. The fourth-order valence-electron chi connectivity index (χ4n) is 8.16. The second-order valence-electron chi connectivity index (χ2n) is 17.2. The summed E-state index contributed by atoms with van der Waals surface area (Å²) in [7, 11) is 6.28. The largest absolute Gasteiger partial charge is 0.462 e. The number of carbonyl (C=O) groups excluding carboxylic acids is 3. The van der Waals surface area contributed by atoms with E-state index in [-0.39, 0.29) is 73.3 Å². The number of cyclic esters (lactones) is 1. The fourth-order valence-corrected chi connectivity index (χ4v) is 8.16. The predicted octanol–water partition coefficient (Wildman–Crippen LogP) is 6.44. The molecule has 0 spiro atoms. The number of ketones is 1. The summed E-state index contributed by atoms with van der Waals surface area (Å²) in [5.74, 6) is -1.94. The third kappa shape index (κ3) is 14.5. The summed E-state index contributed by atoms with van der Waals surface area (Å²) in [5, 5.41) is 33.8. The Bertz CT molecular complexity index is 1920. The lowest BCUT2D eigenvalue weighted by Gasteiger charge is -2.33. The Morgan fingerprint density at radius 3 is 2.29 bits per heavy atom. The van der Waals surface area contributed by atoms with Gasteiger partial charge >= 0.3 is 5.97 Å². The number of methoxy groups -OCH3 is 3. The molecule has 1 aliphatic heterocycles. The van der Waals surface area contributed by atoms with Crippen LogP contribution < -0.4 is 0 Å². The molecule has 0 fully saturated rings. The number of carbonyl (C=O) groups is 3. The van der Waals surface area contributed by atoms with Crippen LogP contribution in [0.4, 0.5) is 0 Å². The summed E-state index contributed by atoms with van der Waals surface area (Å²) in [6.45, 7) is 11.2. The van der Waals surface area contributed by atoms with Crippen molar-refractivity contribution >= 4 is 24.2 Å². The molecule has 17 heteroatoms. The van der Waals surface area contributed by atoms with E-state index in [9.17, 15) is 29.7 Å². The van der Waals surface area contributed by atoms with Crippen LogP contribution in [0.1, 0.15) is 104 Å². The van der Waals surface area contributed by atoms with E-state index < -0.39 is 66.5 Å². The predicted molar refractivity (Wildman–Crippen MR) is 231 cm³/mol. The number of amides is 1. The number of aliphatic hydroxyl groups is 3. The summed E-state index contributed by atoms with van der Waals surface area (Å²) in [5.41, 5.74) is 1.09. The number of esters is 1. The van der Waals surface area contributed by atoms with Gasteiger partial charge in [0.05, 0.1) is 36.9 Å². The van der Waals surface area contributed by atoms with E-state index in [1.54, 1.807) is 46.5 Å². The van der Waals surface area contributed by atoms with Crippen LogP contribution in [0.3, 0.4) is 0 Å². The Morgan fingerprint density at radius 2 is 1.60 bits per heavy atom. The van der Waals surface area contributed by atoms with Gasteiger partial charge in [0.25, 0.3) is 0 Å². The zero-order chi connectivity index (χ0) is 46.4. The van der Waals surface area contributed by atoms with Gasteiger partial charge in [0.1, 0.15) is 42.5 Å². The van der Waals surface area contributed by atoms with Gasteiger partial charge in [-0.05, 0) is 43.6 Å². The van der Waals surface area contributed by atoms with Crippen LogP contribution in [-0.4, -0.2) is 118 Å². The van der Waals surface area contributed by atoms with Gasteiger partial charge in [-0.15, -0.1) is 0 Å². The van der Waals surface area contributed by atoms with Crippen molar-refractivity contribution in [2.45, 2.75) is 129 Å². The molecule has 6 bridgehead atoms. The number of oxazole rings is 3. The van der Waals surface area contributed by atoms with Gasteiger partial charge < -0.3 is 52.4 Å². The quantitative estimate of drug-likeness (QED) is 0.110. The molecule has 3 N–H and O–H groups in total. The Balaban J connectivity index is 1.52. The smallest absolute Gasteiger partial charge is 0.308 e. The van der Waals surface area contributed by atoms with E-state index in [2.05, 4.69) is 15.0 Å². The first-order valence-electron chi connectivity index (χ1n) is 21.7. The molecule has 1 amide bonds. The Kier molecular flexibility index (Phi) is 19.9. The molecule has 1 aliphatic rings. The van der Waals surface area contributed by atoms with Crippen molar-refractivity contribution in [3.8, 4) is 23.2 Å². The van der Waals surface area contributed by atoms with Gasteiger partial charge in [0.15, 0.2) is 11.4 Å². The molecule has 3 aromatic rings. The Labute approximate surface area is 370 Å². The highest BCUT2D eigenvalue weighted by Gasteiger charge is 2.35. The van der Waals surface area contributed by atoms with Crippen LogP contribution in [0, 0.1) is 35.5 Å². The highest BCUT2D eigenvalue weighted by molar-refractivity contribution is 5.81. The average molecular weight is 885 g/mol. The van der Waals surface area contributed by atoms with Gasteiger partial charge in [-0.2, -0.15) is 0 Å². The molecule has 0 unspecified atom stereocenters. The number of fused-ring (bicyclic) bond motifs is 8. The summed E-state index contributed by atoms with van der Waals surface area (Å²) in [6.07, 6.45) is 7.83. The minimum absolute atomic E-state index is 0.0189. The molecular formula is C46H68N4O13. The van der Waals surface area contributed by atoms with Crippen molar-refractivity contribution in [2.24, 2.45) is 35.5 Å². The average Bonchev–Trinajstić information content (AvgIpc) is 4.05. The number of ether oxygens (including phenoxy) is 4. The number of Topliss-reactive ketones (excluding diaryl/α,β-unsaturated/α-hetero) is 1. The van der Waals surface area contributed by atoms with Crippen molar-refractivity contribution in [1.82, 2.24) is 19.9 Å². The molecule has 3 aromatic heterocycles. The Morgan fingerprint density at radius 1 is 0.921 bits per heavy atom. The van der Waals surface area contributed by atoms with Gasteiger partial charge in [-0.1, -0.05) is 53.7 Å². The van der Waals surface area contributed by atoms with Crippen LogP contribution >= 0.6 is 0 Å². The maximum absolute atomic E-state index is 13.5. The zero-order valence-electron chi connectivity index (χ0n) is 38.3. The third-order valence-electron chi connectivity index (χ3n) is 12.3.